The molecular formula is C25H22N2O2. The molecule has 0 fully saturated rings. The van der Waals surface area contributed by atoms with Crippen LogP contribution in [0, 0.1) is 0 Å². The molecule has 0 unspecified atom stereocenters. The third-order valence-corrected chi connectivity index (χ3v) is 4.84. The van der Waals surface area contributed by atoms with Crippen LogP contribution in [0.2, 0.25) is 0 Å². The number of nitrogens with one attached hydrogen (secondary N) is 1. The van der Waals surface area contributed by atoms with E-state index in [4.69, 9.17) is 4.74 Å². The number of carbonyl (C=O) groups excluding carboxylic acids is 1. The minimum Gasteiger partial charge on any atom is -0.493 e. The van der Waals surface area contributed by atoms with E-state index in [0.717, 1.165) is 38.4 Å². The molecule has 0 saturated heterocycles. The Labute approximate surface area is 169 Å². The summed E-state index contributed by atoms with van der Waals surface area (Å²) in [7, 11) is 0. The van der Waals surface area contributed by atoms with E-state index in [9.17, 15) is 4.79 Å². The Morgan fingerprint density at radius 2 is 1.59 bits per heavy atom. The molecule has 4 rings (SSSR count). The van der Waals surface area contributed by atoms with Gasteiger partial charge in [0, 0.05) is 5.56 Å². The summed E-state index contributed by atoms with van der Waals surface area (Å²) < 4.78 is 5.74. The fraction of sp³-hybridized carbons (Fsp3) is 0.120. The van der Waals surface area contributed by atoms with Gasteiger partial charge in [-0.1, -0.05) is 72.8 Å². The first kappa shape index (κ1) is 18.7. The average molecular weight is 382 g/mol. The summed E-state index contributed by atoms with van der Waals surface area (Å²) in [5.41, 5.74) is 4.49. The summed E-state index contributed by atoms with van der Waals surface area (Å²) >= 11 is 0. The number of hydrogen-bond acceptors (Lipinski definition) is 3. The summed E-state index contributed by atoms with van der Waals surface area (Å²) in [6, 6.07) is 26.1. The minimum atomic E-state index is -0.157. The second-order valence-corrected chi connectivity index (χ2v) is 6.74. The maximum absolute atomic E-state index is 12.5. The van der Waals surface area contributed by atoms with Crippen molar-refractivity contribution in [3.8, 4) is 5.75 Å². The molecule has 0 radical (unpaired) electrons. The van der Waals surface area contributed by atoms with E-state index in [1.807, 2.05) is 85.8 Å². The highest BCUT2D eigenvalue weighted by Gasteiger charge is 2.08. The lowest BCUT2D eigenvalue weighted by molar-refractivity contribution is -0.120. The normalized spacial score (nSPS) is 11.2. The third-order valence-electron chi connectivity index (χ3n) is 4.84. The average Bonchev–Trinajstić information content (AvgIpc) is 2.75. The van der Waals surface area contributed by atoms with Crippen LogP contribution < -0.4 is 10.2 Å². The van der Waals surface area contributed by atoms with E-state index < -0.39 is 0 Å². The summed E-state index contributed by atoms with van der Waals surface area (Å²) in [5, 5.41) is 8.54. The van der Waals surface area contributed by atoms with Gasteiger partial charge >= 0.3 is 0 Å². The largest absolute Gasteiger partial charge is 0.493 e. The maximum Gasteiger partial charge on any atom is 0.244 e. The quantitative estimate of drug-likeness (QED) is 0.373. The maximum atomic E-state index is 12.5. The molecule has 0 aromatic heterocycles. The summed E-state index contributed by atoms with van der Waals surface area (Å²) in [6.07, 6.45) is 1.93. The molecule has 0 aliphatic carbocycles. The number of hydrazone groups is 1. The number of nitrogens with zero attached hydrogens (tertiary/aromatic N) is 1. The first-order valence-corrected chi connectivity index (χ1v) is 9.69. The molecule has 0 spiro atoms. The number of carbonyl (C=O) groups is 1. The molecule has 29 heavy (non-hydrogen) atoms. The monoisotopic (exact) mass is 382 g/mol. The van der Waals surface area contributed by atoms with E-state index in [1.165, 1.54) is 0 Å². The molecule has 4 aromatic rings. The van der Waals surface area contributed by atoms with Gasteiger partial charge in [0.25, 0.3) is 0 Å². The molecule has 0 saturated carbocycles. The second kappa shape index (κ2) is 8.57. The molecular weight excluding hydrogens is 360 g/mol. The van der Waals surface area contributed by atoms with Crippen LogP contribution >= 0.6 is 0 Å². The van der Waals surface area contributed by atoms with Crippen molar-refractivity contribution in [1.82, 2.24) is 5.43 Å². The molecule has 0 bridgehead atoms. The molecule has 4 nitrogen and oxygen atoms in total. The number of benzene rings is 4. The number of hydrogen-bond donors (Lipinski definition) is 1. The van der Waals surface area contributed by atoms with E-state index in [1.54, 1.807) is 6.21 Å². The predicted octanol–water partition coefficient (Wildman–Crippen LogP) is 5.08. The van der Waals surface area contributed by atoms with Crippen molar-refractivity contribution in [2.75, 3.05) is 6.61 Å². The molecule has 1 amide bonds. The molecule has 0 aliphatic rings. The van der Waals surface area contributed by atoms with Gasteiger partial charge in [0.2, 0.25) is 5.91 Å². The summed E-state index contributed by atoms with van der Waals surface area (Å²) in [6.45, 7) is 2.51. The third kappa shape index (κ3) is 4.11. The van der Waals surface area contributed by atoms with Crippen LogP contribution in [0.25, 0.3) is 21.5 Å². The summed E-state index contributed by atoms with van der Waals surface area (Å²) in [5.74, 6) is 0.592. The zero-order chi connectivity index (χ0) is 20.1. The Morgan fingerprint density at radius 3 is 2.38 bits per heavy atom. The van der Waals surface area contributed by atoms with Crippen LogP contribution in [0.3, 0.4) is 0 Å². The van der Waals surface area contributed by atoms with Gasteiger partial charge in [-0.15, -0.1) is 0 Å². The standard InChI is InChI=1S/C25H22N2O2/c1-2-29-24-15-14-19-9-4-6-13-22(19)23(24)17-26-27-25(28)16-20-11-7-10-18-8-3-5-12-21(18)20/h3-15,17H,2,16H2,1H3,(H,27,28). The van der Waals surface area contributed by atoms with Gasteiger partial charge in [0.15, 0.2) is 0 Å². The van der Waals surface area contributed by atoms with Gasteiger partial charge < -0.3 is 4.74 Å². The van der Waals surface area contributed by atoms with Gasteiger partial charge in [-0.25, -0.2) is 5.43 Å². The zero-order valence-corrected chi connectivity index (χ0v) is 16.3. The van der Waals surface area contributed by atoms with Crippen molar-refractivity contribution in [3.05, 3.63) is 90.0 Å². The first-order chi connectivity index (χ1) is 14.3. The van der Waals surface area contributed by atoms with Gasteiger partial charge in [-0.05, 0) is 40.1 Å². The Hall–Kier alpha value is -3.66. The lowest BCUT2D eigenvalue weighted by Gasteiger charge is -2.10. The number of fused-ring (bicyclic) bond motifs is 2. The van der Waals surface area contributed by atoms with Gasteiger partial charge in [-0.2, -0.15) is 5.10 Å². The fourth-order valence-corrected chi connectivity index (χ4v) is 3.52. The van der Waals surface area contributed by atoms with E-state index in [0.29, 0.717) is 6.61 Å². The van der Waals surface area contributed by atoms with E-state index in [2.05, 4.69) is 10.5 Å². The highest BCUT2D eigenvalue weighted by atomic mass is 16.5. The fourth-order valence-electron chi connectivity index (χ4n) is 3.52. The molecule has 0 atom stereocenters. The van der Waals surface area contributed by atoms with Crippen molar-refractivity contribution in [2.24, 2.45) is 5.10 Å². The van der Waals surface area contributed by atoms with Crippen LogP contribution in [0.4, 0.5) is 0 Å². The molecule has 4 aromatic carbocycles. The minimum absolute atomic E-state index is 0.157. The predicted molar refractivity (Wildman–Crippen MR) is 119 cm³/mol. The Kier molecular flexibility index (Phi) is 5.52. The Bertz CT molecular complexity index is 1190. The van der Waals surface area contributed by atoms with Crippen molar-refractivity contribution in [2.45, 2.75) is 13.3 Å². The first-order valence-electron chi connectivity index (χ1n) is 9.69. The zero-order valence-electron chi connectivity index (χ0n) is 16.3. The van der Waals surface area contributed by atoms with Crippen LogP contribution in [0.5, 0.6) is 5.75 Å². The van der Waals surface area contributed by atoms with Crippen LogP contribution in [-0.4, -0.2) is 18.7 Å². The molecule has 0 aliphatic heterocycles. The van der Waals surface area contributed by atoms with Gasteiger partial charge in [0.05, 0.1) is 19.2 Å². The van der Waals surface area contributed by atoms with Crippen LogP contribution in [-0.2, 0) is 11.2 Å². The highest BCUT2D eigenvalue weighted by Crippen LogP contribution is 2.26. The van der Waals surface area contributed by atoms with Crippen molar-refractivity contribution in [3.63, 3.8) is 0 Å². The molecule has 4 heteroatoms. The summed E-state index contributed by atoms with van der Waals surface area (Å²) in [4.78, 5) is 12.5. The van der Waals surface area contributed by atoms with E-state index in [-0.39, 0.29) is 12.3 Å². The Balaban J connectivity index is 1.54. The van der Waals surface area contributed by atoms with Crippen LogP contribution in [0.15, 0.2) is 84.0 Å². The molecule has 0 heterocycles. The van der Waals surface area contributed by atoms with Crippen molar-refractivity contribution < 1.29 is 9.53 Å². The number of ether oxygens (including phenoxy) is 1. The SMILES string of the molecule is CCOc1ccc2ccccc2c1C=NNC(=O)Cc1cccc2ccccc12. The molecule has 144 valence electrons. The van der Waals surface area contributed by atoms with Crippen molar-refractivity contribution in [1.29, 1.82) is 0 Å². The topological polar surface area (TPSA) is 50.7 Å². The van der Waals surface area contributed by atoms with Crippen LogP contribution in [0.1, 0.15) is 18.1 Å². The smallest absolute Gasteiger partial charge is 0.244 e. The number of rotatable bonds is 6. The second-order valence-electron chi connectivity index (χ2n) is 6.74. The lowest BCUT2D eigenvalue weighted by Crippen LogP contribution is -2.20. The lowest BCUT2D eigenvalue weighted by atomic mass is 10.0. The molecule has 1 N–H and O–H groups in total. The Morgan fingerprint density at radius 1 is 0.897 bits per heavy atom. The van der Waals surface area contributed by atoms with E-state index >= 15 is 0 Å². The van der Waals surface area contributed by atoms with Gasteiger partial charge in [-0.3, -0.25) is 4.79 Å². The number of amides is 1. The highest BCUT2D eigenvalue weighted by molar-refractivity contribution is 6.02. The van der Waals surface area contributed by atoms with Gasteiger partial charge in [0.1, 0.15) is 5.75 Å². The van der Waals surface area contributed by atoms with Crippen molar-refractivity contribution >= 4 is 33.7 Å².